The number of pyridine rings is 2. The summed E-state index contributed by atoms with van der Waals surface area (Å²) in [6.07, 6.45) is 1.72. The van der Waals surface area contributed by atoms with Crippen LogP contribution in [0.15, 0.2) is 30.5 Å². The summed E-state index contributed by atoms with van der Waals surface area (Å²) in [6.45, 7) is 0. The molecule has 13 heavy (non-hydrogen) atoms. The fourth-order valence-corrected chi connectivity index (χ4v) is 1.31. The molecule has 0 aliphatic heterocycles. The Bertz CT molecular complexity index is 419. The molecule has 0 saturated heterocycles. The van der Waals surface area contributed by atoms with Gasteiger partial charge in [0.1, 0.15) is 5.52 Å². The average Bonchev–Trinajstić information content (AvgIpc) is 2.18. The van der Waals surface area contributed by atoms with Crippen LogP contribution >= 0.6 is 15.9 Å². The molecule has 0 atom stereocenters. The van der Waals surface area contributed by atoms with Gasteiger partial charge >= 0.3 is 0 Å². The van der Waals surface area contributed by atoms with Gasteiger partial charge in [-0.25, -0.2) is 4.98 Å². The van der Waals surface area contributed by atoms with Crippen molar-refractivity contribution in [1.29, 1.82) is 0 Å². The molecule has 2 heterocycles. The lowest BCUT2D eigenvalue weighted by atomic mass is 10.3. The van der Waals surface area contributed by atoms with Crippen LogP contribution in [0.4, 0.5) is 0 Å². The molecule has 0 spiro atoms. The Morgan fingerprint density at radius 2 is 2.23 bits per heavy atom. The molecule has 0 aromatic carbocycles. The van der Waals surface area contributed by atoms with E-state index in [2.05, 4.69) is 25.9 Å². The van der Waals surface area contributed by atoms with Crippen LogP contribution in [0.1, 0.15) is 0 Å². The van der Waals surface area contributed by atoms with Crippen molar-refractivity contribution in [3.63, 3.8) is 0 Å². The molecule has 0 fully saturated rings. The molecule has 66 valence electrons. The second kappa shape index (κ2) is 3.70. The van der Waals surface area contributed by atoms with Crippen LogP contribution in [0.2, 0.25) is 0 Å². The van der Waals surface area contributed by atoms with Crippen LogP contribution in [0, 0.1) is 0 Å². The largest absolute Gasteiger partial charge is 0.466 e. The summed E-state index contributed by atoms with van der Waals surface area (Å²) < 4.78 is 5.18. The third-order valence-corrected chi connectivity index (χ3v) is 1.87. The van der Waals surface area contributed by atoms with Gasteiger partial charge in [-0.3, -0.25) is 0 Å². The molecule has 2 aromatic rings. The summed E-state index contributed by atoms with van der Waals surface area (Å²) in [6, 6.07) is 7.61. The number of nitrogens with zero attached hydrogens (tertiary/aromatic N) is 2. The summed E-state index contributed by atoms with van der Waals surface area (Å²) in [5.74, 6) is 0.586. The van der Waals surface area contributed by atoms with E-state index in [0.29, 0.717) is 17.0 Å². The number of halogens is 1. The number of fused-ring (bicyclic) bond motifs is 1. The average molecular weight is 239 g/mol. The van der Waals surface area contributed by atoms with Crippen LogP contribution in [0.5, 0.6) is 5.88 Å². The highest BCUT2D eigenvalue weighted by Crippen LogP contribution is 2.14. The van der Waals surface area contributed by atoms with Gasteiger partial charge in [-0.05, 0) is 34.1 Å². The van der Waals surface area contributed by atoms with Crippen molar-refractivity contribution < 1.29 is 4.74 Å². The fraction of sp³-hybridized carbons (Fsp3) is 0.111. The second-order valence-electron chi connectivity index (χ2n) is 2.45. The molecule has 2 rings (SSSR count). The van der Waals surface area contributed by atoms with Crippen molar-refractivity contribution in [2.45, 2.75) is 0 Å². The third kappa shape index (κ3) is 1.78. The maximum Gasteiger partial charge on any atom is 0.216 e. The number of hydrogen-bond donors (Lipinski definition) is 0. The minimum Gasteiger partial charge on any atom is -0.466 e. The van der Waals surface area contributed by atoms with Crippen LogP contribution in [0.3, 0.4) is 0 Å². The minimum atomic E-state index is 0.443. The highest BCUT2D eigenvalue weighted by molar-refractivity contribution is 9.09. The van der Waals surface area contributed by atoms with Gasteiger partial charge < -0.3 is 4.74 Å². The smallest absolute Gasteiger partial charge is 0.216 e. The zero-order valence-corrected chi connectivity index (χ0v) is 8.36. The van der Waals surface area contributed by atoms with E-state index in [9.17, 15) is 0 Å². The van der Waals surface area contributed by atoms with Crippen molar-refractivity contribution >= 4 is 27.0 Å². The van der Waals surface area contributed by atoms with Crippen molar-refractivity contribution in [2.75, 3.05) is 5.52 Å². The Balaban J connectivity index is 2.49. The number of aromatic nitrogens is 2. The molecule has 0 saturated carbocycles. The van der Waals surface area contributed by atoms with Crippen LogP contribution in [-0.4, -0.2) is 15.5 Å². The van der Waals surface area contributed by atoms with Crippen LogP contribution < -0.4 is 4.74 Å². The zero-order chi connectivity index (χ0) is 9.10. The lowest BCUT2D eigenvalue weighted by Crippen LogP contribution is -1.92. The number of alkyl halides is 1. The van der Waals surface area contributed by atoms with Gasteiger partial charge in [0.05, 0.1) is 0 Å². The zero-order valence-electron chi connectivity index (χ0n) is 6.77. The second-order valence-corrected chi connectivity index (χ2v) is 2.91. The van der Waals surface area contributed by atoms with Gasteiger partial charge in [0.15, 0.2) is 5.65 Å². The number of ether oxygens (including phenoxy) is 1. The Hall–Kier alpha value is -1.16. The van der Waals surface area contributed by atoms with Gasteiger partial charge in [0.2, 0.25) is 5.88 Å². The van der Waals surface area contributed by atoms with E-state index < -0.39 is 0 Å². The van der Waals surface area contributed by atoms with E-state index in [4.69, 9.17) is 4.74 Å². The molecule has 2 aromatic heterocycles. The Labute approximate surface area is 83.9 Å². The summed E-state index contributed by atoms with van der Waals surface area (Å²) in [5.41, 5.74) is 1.15. The highest BCUT2D eigenvalue weighted by Gasteiger charge is 1.97. The van der Waals surface area contributed by atoms with E-state index in [1.807, 2.05) is 24.3 Å². The van der Waals surface area contributed by atoms with Crippen molar-refractivity contribution in [1.82, 2.24) is 9.97 Å². The number of rotatable bonds is 2. The van der Waals surface area contributed by atoms with Gasteiger partial charge in [-0.2, -0.15) is 4.98 Å². The van der Waals surface area contributed by atoms with E-state index in [1.54, 1.807) is 6.20 Å². The maximum absolute atomic E-state index is 5.18. The first-order valence-corrected chi connectivity index (χ1v) is 4.93. The number of hydrogen-bond acceptors (Lipinski definition) is 3. The summed E-state index contributed by atoms with van der Waals surface area (Å²) in [7, 11) is 0. The van der Waals surface area contributed by atoms with Gasteiger partial charge in [0.25, 0.3) is 0 Å². The molecule has 3 nitrogen and oxygen atoms in total. The lowest BCUT2D eigenvalue weighted by Gasteiger charge is -2.01. The Morgan fingerprint density at radius 1 is 1.31 bits per heavy atom. The standard InChI is InChI=1S/C9H7BrN2O/c10-6-13-8-4-3-7-2-1-5-11-9(7)12-8/h1-5H,6H2. The topological polar surface area (TPSA) is 35.0 Å². The van der Waals surface area contributed by atoms with Crippen LogP contribution in [-0.2, 0) is 0 Å². The SMILES string of the molecule is BrCOc1ccc2cccnc2n1. The summed E-state index contributed by atoms with van der Waals surface area (Å²) >= 11 is 3.17. The Kier molecular flexibility index (Phi) is 2.40. The Morgan fingerprint density at radius 3 is 3.08 bits per heavy atom. The lowest BCUT2D eigenvalue weighted by molar-refractivity contribution is 0.383. The molecule has 0 bridgehead atoms. The fourth-order valence-electron chi connectivity index (χ4n) is 1.07. The first-order valence-electron chi connectivity index (χ1n) is 3.81. The maximum atomic E-state index is 5.18. The van der Waals surface area contributed by atoms with E-state index in [-0.39, 0.29) is 0 Å². The van der Waals surface area contributed by atoms with Gasteiger partial charge in [-0.15, -0.1) is 0 Å². The molecule has 4 heteroatoms. The molecule has 0 unspecified atom stereocenters. The highest BCUT2D eigenvalue weighted by atomic mass is 79.9. The summed E-state index contributed by atoms with van der Waals surface area (Å²) in [5, 5.41) is 1.02. The van der Waals surface area contributed by atoms with Gasteiger partial charge in [0, 0.05) is 17.6 Å². The molecular formula is C9H7BrN2O. The van der Waals surface area contributed by atoms with E-state index in [1.165, 1.54) is 0 Å². The summed E-state index contributed by atoms with van der Waals surface area (Å²) in [4.78, 5) is 8.32. The van der Waals surface area contributed by atoms with Crippen molar-refractivity contribution in [2.24, 2.45) is 0 Å². The van der Waals surface area contributed by atoms with E-state index >= 15 is 0 Å². The predicted octanol–water partition coefficient (Wildman–Crippen LogP) is 2.36. The monoisotopic (exact) mass is 238 g/mol. The van der Waals surface area contributed by atoms with Crippen molar-refractivity contribution in [3.05, 3.63) is 30.5 Å². The van der Waals surface area contributed by atoms with E-state index in [0.717, 1.165) is 5.39 Å². The molecule has 0 aliphatic carbocycles. The molecule has 0 amide bonds. The predicted molar refractivity (Wildman–Crippen MR) is 54.0 cm³/mol. The minimum absolute atomic E-state index is 0.443. The quantitative estimate of drug-likeness (QED) is 0.754. The normalized spacial score (nSPS) is 10.2. The first-order chi connectivity index (χ1) is 6.40. The molecule has 0 N–H and O–H groups in total. The van der Waals surface area contributed by atoms with Crippen LogP contribution in [0.25, 0.3) is 11.0 Å². The molecular weight excluding hydrogens is 232 g/mol. The first kappa shape index (κ1) is 8.44. The molecule has 0 radical (unpaired) electrons. The third-order valence-electron chi connectivity index (χ3n) is 1.64. The van der Waals surface area contributed by atoms with Gasteiger partial charge in [-0.1, -0.05) is 0 Å². The molecule has 0 aliphatic rings. The van der Waals surface area contributed by atoms with Crippen molar-refractivity contribution in [3.8, 4) is 5.88 Å².